The molecule has 0 saturated carbocycles. The zero-order chi connectivity index (χ0) is 15.4. The van der Waals surface area contributed by atoms with Crippen molar-refractivity contribution in [2.75, 3.05) is 12.4 Å². The molecule has 7 heteroatoms. The van der Waals surface area contributed by atoms with Crippen molar-refractivity contribution < 1.29 is 4.74 Å². The standard InChI is InChI=1S/C15H14ClN5O/c1-22-14-8-7-11(16)9-13(14)17-10-15-18-19-20-21(15)12-5-3-2-4-6-12/h2-9,17H,10H2,1H3. The summed E-state index contributed by atoms with van der Waals surface area (Å²) in [7, 11) is 1.61. The van der Waals surface area contributed by atoms with E-state index in [1.54, 1.807) is 23.9 Å². The van der Waals surface area contributed by atoms with Gasteiger partial charge in [-0.1, -0.05) is 29.8 Å². The first-order valence-corrected chi connectivity index (χ1v) is 7.06. The molecule has 0 unspecified atom stereocenters. The van der Waals surface area contributed by atoms with E-state index in [-0.39, 0.29) is 0 Å². The van der Waals surface area contributed by atoms with Crippen LogP contribution in [0.5, 0.6) is 5.75 Å². The summed E-state index contributed by atoms with van der Waals surface area (Å²) in [6.45, 7) is 0.443. The minimum Gasteiger partial charge on any atom is -0.495 e. The van der Waals surface area contributed by atoms with E-state index in [0.29, 0.717) is 23.1 Å². The largest absolute Gasteiger partial charge is 0.495 e. The Balaban J connectivity index is 1.81. The average Bonchev–Trinajstić information content (AvgIpc) is 3.02. The van der Waals surface area contributed by atoms with E-state index in [1.807, 2.05) is 36.4 Å². The Bertz CT molecular complexity index is 760. The van der Waals surface area contributed by atoms with Crippen molar-refractivity contribution >= 4 is 17.3 Å². The second kappa shape index (κ2) is 6.44. The number of aromatic nitrogens is 4. The van der Waals surface area contributed by atoms with E-state index in [4.69, 9.17) is 16.3 Å². The van der Waals surface area contributed by atoms with E-state index in [9.17, 15) is 0 Å². The fourth-order valence-corrected chi connectivity index (χ4v) is 2.25. The first-order valence-electron chi connectivity index (χ1n) is 6.68. The molecule has 3 rings (SSSR count). The molecule has 0 aliphatic carbocycles. The van der Waals surface area contributed by atoms with E-state index < -0.39 is 0 Å². The van der Waals surface area contributed by atoms with Crippen molar-refractivity contribution in [3.63, 3.8) is 0 Å². The number of tetrazole rings is 1. The molecule has 0 bridgehead atoms. The van der Waals surface area contributed by atoms with Crippen LogP contribution in [0, 0.1) is 0 Å². The monoisotopic (exact) mass is 315 g/mol. The minimum absolute atomic E-state index is 0.443. The summed E-state index contributed by atoms with van der Waals surface area (Å²) in [5.74, 6) is 1.40. The van der Waals surface area contributed by atoms with Crippen LogP contribution >= 0.6 is 11.6 Å². The number of nitrogens with zero attached hydrogens (tertiary/aromatic N) is 4. The molecule has 0 aliphatic heterocycles. The topological polar surface area (TPSA) is 64.9 Å². The Labute approximate surface area is 132 Å². The van der Waals surface area contributed by atoms with Crippen molar-refractivity contribution in [1.29, 1.82) is 0 Å². The van der Waals surface area contributed by atoms with Crippen molar-refractivity contribution in [2.45, 2.75) is 6.54 Å². The highest BCUT2D eigenvalue weighted by Gasteiger charge is 2.09. The van der Waals surface area contributed by atoms with Gasteiger partial charge < -0.3 is 10.1 Å². The molecule has 0 spiro atoms. The lowest BCUT2D eigenvalue weighted by Gasteiger charge is -2.11. The van der Waals surface area contributed by atoms with Gasteiger partial charge in [-0.25, -0.2) is 0 Å². The molecule has 1 N–H and O–H groups in total. The van der Waals surface area contributed by atoms with E-state index in [0.717, 1.165) is 11.4 Å². The van der Waals surface area contributed by atoms with E-state index in [1.165, 1.54) is 0 Å². The van der Waals surface area contributed by atoms with Crippen LogP contribution < -0.4 is 10.1 Å². The molecule has 0 amide bonds. The Morgan fingerprint density at radius 3 is 2.77 bits per heavy atom. The summed E-state index contributed by atoms with van der Waals surface area (Å²) in [6.07, 6.45) is 0. The summed E-state index contributed by atoms with van der Waals surface area (Å²) < 4.78 is 6.99. The van der Waals surface area contributed by atoms with Crippen LogP contribution in [-0.2, 0) is 6.54 Å². The van der Waals surface area contributed by atoms with Gasteiger partial charge in [-0.05, 0) is 40.8 Å². The zero-order valence-electron chi connectivity index (χ0n) is 11.9. The second-order valence-electron chi connectivity index (χ2n) is 4.54. The molecule has 6 nitrogen and oxygen atoms in total. The van der Waals surface area contributed by atoms with Crippen LogP contribution in [0.15, 0.2) is 48.5 Å². The predicted octanol–water partition coefficient (Wildman–Crippen LogP) is 2.94. The molecular formula is C15H14ClN5O. The normalized spacial score (nSPS) is 10.5. The Morgan fingerprint density at radius 2 is 2.00 bits per heavy atom. The molecule has 3 aromatic rings. The Hall–Kier alpha value is -2.60. The van der Waals surface area contributed by atoms with Gasteiger partial charge in [-0.2, -0.15) is 4.68 Å². The number of rotatable bonds is 5. The smallest absolute Gasteiger partial charge is 0.175 e. The lowest BCUT2D eigenvalue weighted by Crippen LogP contribution is -2.09. The van der Waals surface area contributed by atoms with Crippen molar-refractivity contribution in [3.05, 3.63) is 59.4 Å². The van der Waals surface area contributed by atoms with Crippen molar-refractivity contribution in [3.8, 4) is 11.4 Å². The van der Waals surface area contributed by atoms with Gasteiger partial charge in [-0.15, -0.1) is 5.10 Å². The maximum atomic E-state index is 6.02. The van der Waals surface area contributed by atoms with E-state index in [2.05, 4.69) is 20.8 Å². The quantitative estimate of drug-likeness (QED) is 0.784. The van der Waals surface area contributed by atoms with E-state index >= 15 is 0 Å². The van der Waals surface area contributed by atoms with Crippen molar-refractivity contribution in [2.24, 2.45) is 0 Å². The number of ether oxygens (including phenoxy) is 1. The third kappa shape index (κ3) is 3.01. The maximum Gasteiger partial charge on any atom is 0.175 e. The summed E-state index contributed by atoms with van der Waals surface area (Å²) in [5.41, 5.74) is 1.69. The number of benzene rings is 2. The van der Waals surface area contributed by atoms with Gasteiger partial charge in [0, 0.05) is 5.02 Å². The molecule has 0 saturated heterocycles. The molecule has 22 heavy (non-hydrogen) atoms. The summed E-state index contributed by atoms with van der Waals surface area (Å²) in [6, 6.07) is 15.1. The molecule has 1 heterocycles. The fourth-order valence-electron chi connectivity index (χ4n) is 2.08. The molecule has 1 aromatic heterocycles. The summed E-state index contributed by atoms with van der Waals surface area (Å²) >= 11 is 6.02. The average molecular weight is 316 g/mol. The minimum atomic E-state index is 0.443. The van der Waals surface area contributed by atoms with Crippen LogP contribution in [-0.4, -0.2) is 27.3 Å². The number of nitrogens with one attached hydrogen (secondary N) is 1. The van der Waals surface area contributed by atoms with Gasteiger partial charge in [0.05, 0.1) is 25.0 Å². The fraction of sp³-hybridized carbons (Fsp3) is 0.133. The highest BCUT2D eigenvalue weighted by atomic mass is 35.5. The molecule has 0 atom stereocenters. The molecular weight excluding hydrogens is 302 g/mol. The highest BCUT2D eigenvalue weighted by Crippen LogP contribution is 2.28. The SMILES string of the molecule is COc1ccc(Cl)cc1NCc1nnnn1-c1ccccc1. The van der Waals surface area contributed by atoms with Gasteiger partial charge in [0.15, 0.2) is 5.82 Å². The van der Waals surface area contributed by atoms with Crippen LogP contribution in [0.3, 0.4) is 0 Å². The van der Waals surface area contributed by atoms with Crippen LogP contribution in [0.2, 0.25) is 5.02 Å². The molecule has 2 aromatic carbocycles. The van der Waals surface area contributed by atoms with Gasteiger partial charge in [0.25, 0.3) is 0 Å². The van der Waals surface area contributed by atoms with Gasteiger partial charge in [0.1, 0.15) is 5.75 Å². The lowest BCUT2D eigenvalue weighted by molar-refractivity contribution is 0.416. The van der Waals surface area contributed by atoms with Crippen LogP contribution in [0.4, 0.5) is 5.69 Å². The predicted molar refractivity (Wildman–Crippen MR) is 84.5 cm³/mol. The van der Waals surface area contributed by atoms with Crippen LogP contribution in [0.1, 0.15) is 5.82 Å². The van der Waals surface area contributed by atoms with Gasteiger partial charge in [0.2, 0.25) is 0 Å². The zero-order valence-corrected chi connectivity index (χ0v) is 12.7. The first-order chi connectivity index (χ1) is 10.8. The number of anilines is 1. The second-order valence-corrected chi connectivity index (χ2v) is 4.98. The molecule has 112 valence electrons. The third-order valence-corrected chi connectivity index (χ3v) is 3.37. The summed E-state index contributed by atoms with van der Waals surface area (Å²) in [4.78, 5) is 0. The number of hydrogen-bond donors (Lipinski definition) is 1. The van der Waals surface area contributed by atoms with Gasteiger partial charge >= 0.3 is 0 Å². The summed E-state index contributed by atoms with van der Waals surface area (Å²) in [5, 5.41) is 15.7. The first kappa shape index (κ1) is 14.3. The number of para-hydroxylation sites is 1. The third-order valence-electron chi connectivity index (χ3n) is 3.13. The van der Waals surface area contributed by atoms with Gasteiger partial charge in [-0.3, -0.25) is 0 Å². The number of halogens is 1. The van der Waals surface area contributed by atoms with Crippen LogP contribution in [0.25, 0.3) is 5.69 Å². The van der Waals surface area contributed by atoms with Crippen molar-refractivity contribution in [1.82, 2.24) is 20.2 Å². The maximum absolute atomic E-state index is 6.02. The number of methoxy groups -OCH3 is 1. The molecule has 0 radical (unpaired) electrons. The lowest BCUT2D eigenvalue weighted by atomic mass is 10.3. The Morgan fingerprint density at radius 1 is 1.18 bits per heavy atom. The molecule has 0 aliphatic rings. The Kier molecular flexibility index (Phi) is 4.20. The number of hydrogen-bond acceptors (Lipinski definition) is 5. The molecule has 0 fully saturated rings. The highest BCUT2D eigenvalue weighted by molar-refractivity contribution is 6.30.